The van der Waals surface area contributed by atoms with Gasteiger partial charge in [0.05, 0.1) is 28.6 Å². The zero-order valence-corrected chi connectivity index (χ0v) is 16.5. The van der Waals surface area contributed by atoms with Gasteiger partial charge in [0, 0.05) is 5.56 Å². The van der Waals surface area contributed by atoms with E-state index in [9.17, 15) is 9.18 Å². The van der Waals surface area contributed by atoms with Crippen molar-refractivity contribution < 1.29 is 9.18 Å². The van der Waals surface area contributed by atoms with Gasteiger partial charge >= 0.3 is 0 Å². The maximum atomic E-state index is 12.8. The number of aryl methyl sites for hydroxylation is 1. The summed E-state index contributed by atoms with van der Waals surface area (Å²) in [5.74, 6) is -0.627. The predicted molar refractivity (Wildman–Crippen MR) is 106 cm³/mol. The summed E-state index contributed by atoms with van der Waals surface area (Å²) >= 11 is 3.52. The molecule has 0 radical (unpaired) electrons. The molecule has 0 spiro atoms. The summed E-state index contributed by atoms with van der Waals surface area (Å²) in [7, 11) is 0. The molecule has 138 valence electrons. The fourth-order valence-corrected chi connectivity index (χ4v) is 2.83. The van der Waals surface area contributed by atoms with E-state index in [2.05, 4.69) is 31.6 Å². The fraction of sp³-hybridized carbons (Fsp3) is 0.150. The van der Waals surface area contributed by atoms with Gasteiger partial charge in [0.1, 0.15) is 5.82 Å². The molecule has 0 aliphatic carbocycles. The molecule has 7 heteroatoms. The van der Waals surface area contributed by atoms with Crippen LogP contribution in [0.2, 0.25) is 0 Å². The zero-order valence-electron chi connectivity index (χ0n) is 14.9. The average molecular weight is 429 g/mol. The Morgan fingerprint density at radius 2 is 1.85 bits per heavy atom. The lowest BCUT2D eigenvalue weighted by Crippen LogP contribution is -2.17. The van der Waals surface area contributed by atoms with Gasteiger partial charge < -0.3 is 0 Å². The topological polar surface area (TPSA) is 59.3 Å². The Kier molecular flexibility index (Phi) is 5.81. The molecule has 0 unspecified atom stereocenters. The molecule has 1 N–H and O–H groups in total. The maximum Gasteiger partial charge on any atom is 0.271 e. The first-order valence-electron chi connectivity index (χ1n) is 8.31. The summed E-state index contributed by atoms with van der Waals surface area (Å²) in [5.41, 5.74) is 6.71. The Bertz CT molecular complexity index is 978. The number of hydrogen-bond donors (Lipinski definition) is 1. The molecule has 1 aromatic heterocycles. The lowest BCUT2D eigenvalue weighted by atomic mass is 10.1. The van der Waals surface area contributed by atoms with E-state index in [1.807, 2.05) is 30.7 Å². The van der Waals surface area contributed by atoms with Gasteiger partial charge in [0.2, 0.25) is 0 Å². The third-order valence-corrected chi connectivity index (χ3v) is 5.24. The van der Waals surface area contributed by atoms with E-state index < -0.39 is 0 Å². The maximum absolute atomic E-state index is 12.8. The second-order valence-electron chi connectivity index (χ2n) is 6.09. The standard InChI is InChI=1S/C20H18BrFN4O/c1-13-19(21)14(2)26(25-13)12-16-3-7-17(8-4-16)20(27)24-23-11-15-5-9-18(22)10-6-15/h3-11H,12H2,1-2H3,(H,24,27). The van der Waals surface area contributed by atoms with Crippen LogP contribution in [0.4, 0.5) is 4.39 Å². The molecule has 2 aromatic carbocycles. The van der Waals surface area contributed by atoms with Crippen LogP contribution in [0.15, 0.2) is 58.1 Å². The molecular formula is C20H18BrFN4O. The Balaban J connectivity index is 1.61. The molecule has 3 rings (SSSR count). The van der Waals surface area contributed by atoms with Gasteiger partial charge in [0.25, 0.3) is 5.91 Å². The van der Waals surface area contributed by atoms with Crippen LogP contribution in [-0.2, 0) is 6.54 Å². The van der Waals surface area contributed by atoms with Crippen molar-refractivity contribution in [1.82, 2.24) is 15.2 Å². The highest BCUT2D eigenvalue weighted by atomic mass is 79.9. The first-order valence-corrected chi connectivity index (χ1v) is 9.11. The van der Waals surface area contributed by atoms with Crippen molar-refractivity contribution in [2.75, 3.05) is 0 Å². The number of amides is 1. The number of hydrogen-bond acceptors (Lipinski definition) is 3. The molecule has 0 saturated heterocycles. The Labute approximate surface area is 165 Å². The monoisotopic (exact) mass is 428 g/mol. The molecule has 5 nitrogen and oxygen atoms in total. The molecule has 1 heterocycles. The smallest absolute Gasteiger partial charge is 0.267 e. The van der Waals surface area contributed by atoms with Crippen LogP contribution in [0.3, 0.4) is 0 Å². The SMILES string of the molecule is Cc1nn(Cc2ccc(C(=O)NN=Cc3ccc(F)cc3)cc2)c(C)c1Br. The normalized spacial score (nSPS) is 11.1. The Morgan fingerprint density at radius 3 is 2.44 bits per heavy atom. The molecule has 0 fully saturated rings. The van der Waals surface area contributed by atoms with Crippen molar-refractivity contribution in [2.24, 2.45) is 5.10 Å². The number of rotatable bonds is 5. The van der Waals surface area contributed by atoms with Crippen molar-refractivity contribution in [1.29, 1.82) is 0 Å². The molecule has 0 atom stereocenters. The number of halogens is 2. The minimum atomic E-state index is -0.316. The first kappa shape index (κ1) is 19.0. The number of nitrogens with one attached hydrogen (secondary N) is 1. The number of aromatic nitrogens is 2. The van der Waals surface area contributed by atoms with E-state index in [0.29, 0.717) is 17.7 Å². The summed E-state index contributed by atoms with van der Waals surface area (Å²) in [5, 5.41) is 8.38. The molecule has 27 heavy (non-hydrogen) atoms. The van der Waals surface area contributed by atoms with E-state index in [1.54, 1.807) is 24.3 Å². The number of nitrogens with zero attached hydrogens (tertiary/aromatic N) is 3. The van der Waals surface area contributed by atoms with Crippen molar-refractivity contribution in [3.05, 3.63) is 86.9 Å². The molecule has 0 aliphatic heterocycles. The van der Waals surface area contributed by atoms with Gasteiger partial charge in [-0.2, -0.15) is 10.2 Å². The van der Waals surface area contributed by atoms with Crippen LogP contribution >= 0.6 is 15.9 Å². The third kappa shape index (κ3) is 4.68. The zero-order chi connectivity index (χ0) is 19.4. The molecule has 0 aliphatic rings. The minimum Gasteiger partial charge on any atom is -0.267 e. The van der Waals surface area contributed by atoms with Gasteiger partial charge in [-0.25, -0.2) is 9.82 Å². The van der Waals surface area contributed by atoms with Crippen LogP contribution in [0, 0.1) is 19.7 Å². The summed E-state index contributed by atoms with van der Waals surface area (Å²) in [6.45, 7) is 4.58. The number of carbonyl (C=O) groups is 1. The quantitative estimate of drug-likeness (QED) is 0.488. The van der Waals surface area contributed by atoms with Gasteiger partial charge in [-0.3, -0.25) is 9.48 Å². The summed E-state index contributed by atoms with van der Waals surface area (Å²) < 4.78 is 15.8. The lowest BCUT2D eigenvalue weighted by Gasteiger charge is -2.06. The van der Waals surface area contributed by atoms with Gasteiger partial charge in [0.15, 0.2) is 0 Å². The highest BCUT2D eigenvalue weighted by Crippen LogP contribution is 2.20. The third-order valence-electron chi connectivity index (χ3n) is 4.09. The largest absolute Gasteiger partial charge is 0.271 e. The number of carbonyl (C=O) groups excluding carboxylic acids is 1. The average Bonchev–Trinajstić information content (AvgIpc) is 2.90. The second-order valence-corrected chi connectivity index (χ2v) is 6.88. The van der Waals surface area contributed by atoms with E-state index in [0.717, 1.165) is 21.4 Å². The first-order chi connectivity index (χ1) is 12.9. The van der Waals surface area contributed by atoms with Crippen molar-refractivity contribution in [3.8, 4) is 0 Å². The van der Waals surface area contributed by atoms with Crippen LogP contribution in [0.1, 0.15) is 32.9 Å². The van der Waals surface area contributed by atoms with E-state index in [-0.39, 0.29) is 11.7 Å². The van der Waals surface area contributed by atoms with Crippen molar-refractivity contribution in [3.63, 3.8) is 0 Å². The van der Waals surface area contributed by atoms with Crippen molar-refractivity contribution in [2.45, 2.75) is 20.4 Å². The Morgan fingerprint density at radius 1 is 1.19 bits per heavy atom. The van der Waals surface area contributed by atoms with E-state index >= 15 is 0 Å². The van der Waals surface area contributed by atoms with Crippen molar-refractivity contribution >= 4 is 28.1 Å². The molecular weight excluding hydrogens is 411 g/mol. The molecule has 1 amide bonds. The second kappa shape index (κ2) is 8.26. The van der Waals surface area contributed by atoms with Crippen LogP contribution in [-0.4, -0.2) is 21.9 Å². The molecule has 0 saturated carbocycles. The van der Waals surface area contributed by atoms with E-state index in [1.165, 1.54) is 18.3 Å². The summed E-state index contributed by atoms with van der Waals surface area (Å²) in [6, 6.07) is 13.1. The van der Waals surface area contributed by atoms with Gasteiger partial charge in [-0.1, -0.05) is 24.3 Å². The minimum absolute atomic E-state index is 0.311. The van der Waals surface area contributed by atoms with Crippen LogP contribution < -0.4 is 5.43 Å². The Hall–Kier alpha value is -2.80. The van der Waals surface area contributed by atoms with Crippen LogP contribution in [0.5, 0.6) is 0 Å². The molecule has 0 bridgehead atoms. The molecule has 3 aromatic rings. The van der Waals surface area contributed by atoms with Crippen LogP contribution in [0.25, 0.3) is 0 Å². The summed E-state index contributed by atoms with van der Waals surface area (Å²) in [6.07, 6.45) is 1.46. The van der Waals surface area contributed by atoms with E-state index in [4.69, 9.17) is 0 Å². The number of benzene rings is 2. The van der Waals surface area contributed by atoms with Gasteiger partial charge in [-0.15, -0.1) is 0 Å². The van der Waals surface area contributed by atoms with Gasteiger partial charge in [-0.05, 0) is 65.2 Å². The predicted octanol–water partition coefficient (Wildman–Crippen LogP) is 4.21. The fourth-order valence-electron chi connectivity index (χ4n) is 2.54. The lowest BCUT2D eigenvalue weighted by molar-refractivity contribution is 0.0955. The number of hydrazone groups is 1. The summed E-state index contributed by atoms with van der Waals surface area (Å²) in [4.78, 5) is 12.2. The highest BCUT2D eigenvalue weighted by molar-refractivity contribution is 9.10. The highest BCUT2D eigenvalue weighted by Gasteiger charge is 2.09.